The molecule has 1 aromatic heterocycles. The van der Waals surface area contributed by atoms with Crippen LogP contribution in [0.1, 0.15) is 23.2 Å². The molecule has 1 aliphatic rings. The summed E-state index contributed by atoms with van der Waals surface area (Å²) in [5, 5.41) is 2.94. The van der Waals surface area contributed by atoms with E-state index in [-0.39, 0.29) is 11.9 Å². The monoisotopic (exact) mass is 284 g/mol. The minimum absolute atomic E-state index is 0.0756. The summed E-state index contributed by atoms with van der Waals surface area (Å²) in [6.07, 6.45) is 5.30. The van der Waals surface area contributed by atoms with Crippen molar-refractivity contribution in [1.29, 1.82) is 0 Å². The second-order valence-electron chi connectivity index (χ2n) is 3.89. The first-order chi connectivity index (χ1) is 7.69. The summed E-state index contributed by atoms with van der Waals surface area (Å²) < 4.78 is 5.96. The lowest BCUT2D eigenvalue weighted by Gasteiger charge is -2.34. The molecule has 0 saturated heterocycles. The first-order valence-corrected chi connectivity index (χ1v) is 5.92. The van der Waals surface area contributed by atoms with Crippen molar-refractivity contribution >= 4 is 21.8 Å². The highest BCUT2D eigenvalue weighted by Crippen LogP contribution is 2.22. The molecule has 0 aliphatic heterocycles. The lowest BCUT2D eigenvalue weighted by Crippen LogP contribution is -2.47. The van der Waals surface area contributed by atoms with Gasteiger partial charge in [-0.25, -0.2) is 0 Å². The molecule has 86 valence electrons. The number of ether oxygens (including phenoxy) is 1. The molecule has 1 amide bonds. The Hall–Kier alpha value is -0.940. The number of aromatic nitrogens is 1. The average Bonchev–Trinajstić information content (AvgIpc) is 2.22. The van der Waals surface area contributed by atoms with E-state index in [4.69, 9.17) is 4.74 Å². The van der Waals surface area contributed by atoms with Crippen LogP contribution < -0.4 is 5.32 Å². The van der Waals surface area contributed by atoms with Crippen LogP contribution in [0.4, 0.5) is 0 Å². The van der Waals surface area contributed by atoms with Crippen LogP contribution in [0, 0.1) is 0 Å². The van der Waals surface area contributed by atoms with E-state index in [1.165, 1.54) is 0 Å². The van der Waals surface area contributed by atoms with E-state index in [0.717, 1.165) is 17.3 Å². The van der Waals surface area contributed by atoms with E-state index < -0.39 is 0 Å². The SMILES string of the molecule is COC1CC(NC(=O)c2cncc(Br)c2)C1. The summed E-state index contributed by atoms with van der Waals surface area (Å²) in [5.41, 5.74) is 0.579. The predicted octanol–water partition coefficient (Wildman–Crippen LogP) is 1.75. The van der Waals surface area contributed by atoms with Crippen molar-refractivity contribution in [3.63, 3.8) is 0 Å². The highest BCUT2D eigenvalue weighted by Gasteiger charge is 2.30. The third-order valence-electron chi connectivity index (χ3n) is 2.73. The Bertz CT molecular complexity index is 391. The summed E-state index contributed by atoms with van der Waals surface area (Å²) in [4.78, 5) is 15.7. The quantitative estimate of drug-likeness (QED) is 0.920. The molecule has 0 radical (unpaired) electrons. The lowest BCUT2D eigenvalue weighted by atomic mass is 9.89. The first kappa shape index (κ1) is 11.5. The summed E-state index contributed by atoms with van der Waals surface area (Å²) in [5.74, 6) is -0.0756. The van der Waals surface area contributed by atoms with Gasteiger partial charge in [0, 0.05) is 30.0 Å². The Morgan fingerprint density at radius 3 is 2.94 bits per heavy atom. The van der Waals surface area contributed by atoms with E-state index in [2.05, 4.69) is 26.2 Å². The van der Waals surface area contributed by atoms with Crippen molar-refractivity contribution in [2.24, 2.45) is 0 Å². The Labute approximate surface area is 103 Å². The smallest absolute Gasteiger partial charge is 0.253 e. The van der Waals surface area contributed by atoms with Crippen LogP contribution in [-0.2, 0) is 4.74 Å². The van der Waals surface area contributed by atoms with Gasteiger partial charge in [-0.1, -0.05) is 0 Å². The van der Waals surface area contributed by atoms with Gasteiger partial charge in [0.1, 0.15) is 0 Å². The fourth-order valence-electron chi connectivity index (χ4n) is 1.68. The van der Waals surface area contributed by atoms with Crippen LogP contribution in [0.2, 0.25) is 0 Å². The number of hydrogen-bond donors (Lipinski definition) is 1. The summed E-state index contributed by atoms with van der Waals surface area (Å²) in [6, 6.07) is 1.99. The Kier molecular flexibility index (Phi) is 3.56. The Morgan fingerprint density at radius 2 is 2.31 bits per heavy atom. The molecule has 0 bridgehead atoms. The normalized spacial score (nSPS) is 23.6. The predicted molar refractivity (Wildman–Crippen MR) is 63.2 cm³/mol. The fraction of sp³-hybridized carbons (Fsp3) is 0.455. The van der Waals surface area contributed by atoms with Gasteiger partial charge in [-0.3, -0.25) is 9.78 Å². The maximum absolute atomic E-state index is 11.8. The van der Waals surface area contributed by atoms with Gasteiger partial charge in [-0.2, -0.15) is 0 Å². The minimum Gasteiger partial charge on any atom is -0.381 e. The standard InChI is InChI=1S/C11H13BrN2O2/c1-16-10-3-9(4-10)14-11(15)7-2-8(12)6-13-5-7/h2,5-6,9-10H,3-4H2,1H3,(H,14,15). The molecule has 0 aromatic carbocycles. The van der Waals surface area contributed by atoms with Gasteiger partial charge >= 0.3 is 0 Å². The zero-order chi connectivity index (χ0) is 11.5. The number of nitrogens with one attached hydrogen (secondary N) is 1. The maximum Gasteiger partial charge on any atom is 0.253 e. The van der Waals surface area contributed by atoms with Crippen molar-refractivity contribution < 1.29 is 9.53 Å². The highest BCUT2D eigenvalue weighted by atomic mass is 79.9. The van der Waals surface area contributed by atoms with Crippen LogP contribution in [0.5, 0.6) is 0 Å². The number of methoxy groups -OCH3 is 1. The highest BCUT2D eigenvalue weighted by molar-refractivity contribution is 9.10. The Balaban J connectivity index is 1.89. The topological polar surface area (TPSA) is 51.2 Å². The molecule has 16 heavy (non-hydrogen) atoms. The molecular formula is C11H13BrN2O2. The minimum atomic E-state index is -0.0756. The van der Waals surface area contributed by atoms with E-state index in [9.17, 15) is 4.79 Å². The third kappa shape index (κ3) is 2.59. The molecule has 1 saturated carbocycles. The number of nitrogens with zero attached hydrogens (tertiary/aromatic N) is 1. The molecular weight excluding hydrogens is 272 g/mol. The summed E-state index contributed by atoms with van der Waals surface area (Å²) in [7, 11) is 1.70. The molecule has 1 heterocycles. The third-order valence-corrected chi connectivity index (χ3v) is 3.16. The van der Waals surface area contributed by atoms with Crippen molar-refractivity contribution in [3.05, 3.63) is 28.5 Å². The number of pyridine rings is 1. The lowest BCUT2D eigenvalue weighted by molar-refractivity contribution is 0.0176. The molecule has 1 aliphatic carbocycles. The van der Waals surface area contributed by atoms with E-state index in [1.54, 1.807) is 25.6 Å². The van der Waals surface area contributed by atoms with E-state index in [0.29, 0.717) is 11.7 Å². The maximum atomic E-state index is 11.8. The Morgan fingerprint density at radius 1 is 1.56 bits per heavy atom. The fourth-order valence-corrected chi connectivity index (χ4v) is 2.05. The van der Waals surface area contributed by atoms with Gasteiger partial charge in [-0.15, -0.1) is 0 Å². The zero-order valence-corrected chi connectivity index (χ0v) is 10.5. The number of hydrogen-bond acceptors (Lipinski definition) is 3. The van der Waals surface area contributed by atoms with Gasteiger partial charge in [0.05, 0.1) is 11.7 Å². The molecule has 2 rings (SSSR count). The van der Waals surface area contributed by atoms with Crippen molar-refractivity contribution in [2.45, 2.75) is 25.0 Å². The first-order valence-electron chi connectivity index (χ1n) is 5.13. The zero-order valence-electron chi connectivity index (χ0n) is 8.94. The van der Waals surface area contributed by atoms with Crippen LogP contribution >= 0.6 is 15.9 Å². The number of carbonyl (C=O) groups excluding carboxylic acids is 1. The second kappa shape index (κ2) is 4.93. The summed E-state index contributed by atoms with van der Waals surface area (Å²) in [6.45, 7) is 0. The molecule has 1 fully saturated rings. The molecule has 0 spiro atoms. The number of halogens is 1. The van der Waals surface area contributed by atoms with Gasteiger partial charge in [0.15, 0.2) is 0 Å². The van der Waals surface area contributed by atoms with Crippen molar-refractivity contribution in [2.75, 3.05) is 7.11 Å². The van der Waals surface area contributed by atoms with E-state index in [1.807, 2.05) is 0 Å². The van der Waals surface area contributed by atoms with Gasteiger partial charge < -0.3 is 10.1 Å². The van der Waals surface area contributed by atoms with Gasteiger partial charge in [0.2, 0.25) is 0 Å². The summed E-state index contributed by atoms with van der Waals surface area (Å²) >= 11 is 3.29. The van der Waals surface area contributed by atoms with Crippen LogP contribution in [-0.4, -0.2) is 30.1 Å². The largest absolute Gasteiger partial charge is 0.381 e. The van der Waals surface area contributed by atoms with Crippen molar-refractivity contribution in [1.82, 2.24) is 10.3 Å². The number of rotatable bonds is 3. The second-order valence-corrected chi connectivity index (χ2v) is 4.81. The van der Waals surface area contributed by atoms with Gasteiger partial charge in [0.25, 0.3) is 5.91 Å². The molecule has 1 aromatic rings. The molecule has 4 nitrogen and oxygen atoms in total. The average molecular weight is 285 g/mol. The number of amides is 1. The molecule has 0 unspecified atom stereocenters. The molecule has 0 atom stereocenters. The van der Waals surface area contributed by atoms with E-state index >= 15 is 0 Å². The van der Waals surface area contributed by atoms with Gasteiger partial charge in [-0.05, 0) is 34.8 Å². The van der Waals surface area contributed by atoms with Crippen LogP contribution in [0.3, 0.4) is 0 Å². The molecule has 1 N–H and O–H groups in total. The van der Waals surface area contributed by atoms with Crippen molar-refractivity contribution in [3.8, 4) is 0 Å². The van der Waals surface area contributed by atoms with Crippen LogP contribution in [0.15, 0.2) is 22.9 Å². The van der Waals surface area contributed by atoms with Crippen LogP contribution in [0.25, 0.3) is 0 Å². The molecule has 5 heteroatoms. The number of carbonyl (C=O) groups is 1.